The van der Waals surface area contributed by atoms with Crippen molar-refractivity contribution in [3.05, 3.63) is 35.9 Å². The van der Waals surface area contributed by atoms with Gasteiger partial charge in [-0.25, -0.2) is 4.79 Å². The van der Waals surface area contributed by atoms with Gasteiger partial charge in [0.1, 0.15) is 5.60 Å². The smallest absolute Gasteiger partial charge is 0.407 e. The Kier molecular flexibility index (Phi) is 8.06. The van der Waals surface area contributed by atoms with E-state index in [2.05, 4.69) is 29.7 Å². The van der Waals surface area contributed by atoms with Crippen molar-refractivity contribution in [3.63, 3.8) is 0 Å². The molecule has 0 bridgehead atoms. The van der Waals surface area contributed by atoms with E-state index in [4.69, 9.17) is 10.5 Å². The van der Waals surface area contributed by atoms with Gasteiger partial charge in [0.25, 0.3) is 0 Å². The van der Waals surface area contributed by atoms with E-state index in [0.29, 0.717) is 19.0 Å². The number of nitrogens with one attached hydrogen (secondary N) is 2. The van der Waals surface area contributed by atoms with Gasteiger partial charge >= 0.3 is 6.09 Å². The number of nitrogens with two attached hydrogens (primary N) is 1. The summed E-state index contributed by atoms with van der Waals surface area (Å²) in [6, 6.07) is 10.2. The van der Waals surface area contributed by atoms with Gasteiger partial charge in [0.15, 0.2) is 0 Å². The Balaban J connectivity index is 2.49. The Morgan fingerprint density at radius 3 is 2.48 bits per heavy atom. The molecule has 23 heavy (non-hydrogen) atoms. The Bertz CT molecular complexity index is 457. The summed E-state index contributed by atoms with van der Waals surface area (Å²) in [7, 11) is 0. The molecule has 1 amide bonds. The first-order chi connectivity index (χ1) is 10.8. The number of carbonyl (C=O) groups excluding carboxylic acids is 1. The minimum atomic E-state index is -0.494. The van der Waals surface area contributed by atoms with Crippen LogP contribution in [0.4, 0.5) is 4.79 Å². The van der Waals surface area contributed by atoms with E-state index in [1.807, 2.05) is 39.0 Å². The van der Waals surface area contributed by atoms with Crippen LogP contribution >= 0.6 is 0 Å². The summed E-state index contributed by atoms with van der Waals surface area (Å²) in [5.74, 6) is 0.341. The van der Waals surface area contributed by atoms with E-state index in [1.54, 1.807) is 0 Å². The number of carbonyl (C=O) groups is 1. The lowest BCUT2D eigenvalue weighted by molar-refractivity contribution is 0.0498. The third kappa shape index (κ3) is 9.21. The van der Waals surface area contributed by atoms with E-state index in [1.165, 1.54) is 5.56 Å². The molecule has 5 nitrogen and oxygen atoms in total. The molecule has 130 valence electrons. The maximum atomic E-state index is 12.0. The first kappa shape index (κ1) is 19.5. The number of amides is 1. The minimum absolute atomic E-state index is 0.00730. The Morgan fingerprint density at radius 1 is 1.26 bits per heavy atom. The zero-order valence-electron chi connectivity index (χ0n) is 14.8. The van der Waals surface area contributed by atoms with Crippen LogP contribution in [0.3, 0.4) is 0 Å². The molecule has 0 aromatic heterocycles. The van der Waals surface area contributed by atoms with Gasteiger partial charge in [0.05, 0.1) is 0 Å². The molecule has 0 aliphatic heterocycles. The average Bonchev–Trinajstić information content (AvgIpc) is 2.46. The van der Waals surface area contributed by atoms with Crippen LogP contribution in [0, 0.1) is 5.92 Å². The minimum Gasteiger partial charge on any atom is -0.444 e. The zero-order valence-corrected chi connectivity index (χ0v) is 14.8. The number of hydrogen-bond donors (Lipinski definition) is 3. The lowest BCUT2D eigenvalue weighted by Crippen LogP contribution is -2.45. The van der Waals surface area contributed by atoms with Crippen molar-refractivity contribution < 1.29 is 9.53 Å². The number of alkyl carbamates (subject to hydrolysis) is 1. The summed E-state index contributed by atoms with van der Waals surface area (Å²) in [4.78, 5) is 12.0. The molecule has 1 rings (SSSR count). The van der Waals surface area contributed by atoms with Crippen molar-refractivity contribution in [2.45, 2.75) is 52.3 Å². The number of ether oxygens (including phenoxy) is 1. The highest BCUT2D eigenvalue weighted by Gasteiger charge is 2.20. The van der Waals surface area contributed by atoms with Crippen molar-refractivity contribution in [2.75, 3.05) is 13.1 Å². The van der Waals surface area contributed by atoms with Gasteiger partial charge in [0.2, 0.25) is 0 Å². The maximum absolute atomic E-state index is 12.0. The van der Waals surface area contributed by atoms with Crippen LogP contribution < -0.4 is 16.4 Å². The van der Waals surface area contributed by atoms with Crippen LogP contribution in [0.15, 0.2) is 30.3 Å². The fourth-order valence-corrected chi connectivity index (χ4v) is 2.24. The molecule has 0 spiro atoms. The quantitative estimate of drug-likeness (QED) is 0.688. The SMILES string of the molecule is C[C@H](CN)C[C@@H](CNCc1ccccc1)NC(=O)OC(C)(C)C. The van der Waals surface area contributed by atoms with E-state index in [0.717, 1.165) is 13.0 Å². The number of benzene rings is 1. The summed E-state index contributed by atoms with van der Waals surface area (Å²) >= 11 is 0. The van der Waals surface area contributed by atoms with Gasteiger partial charge in [0, 0.05) is 19.1 Å². The molecule has 5 heteroatoms. The molecular formula is C18H31N3O2. The van der Waals surface area contributed by atoms with Crippen molar-refractivity contribution in [1.29, 1.82) is 0 Å². The van der Waals surface area contributed by atoms with Crippen LogP contribution in [-0.4, -0.2) is 30.8 Å². The monoisotopic (exact) mass is 321 g/mol. The third-order valence-corrected chi connectivity index (χ3v) is 3.37. The van der Waals surface area contributed by atoms with E-state index >= 15 is 0 Å². The summed E-state index contributed by atoms with van der Waals surface area (Å²) < 4.78 is 5.34. The first-order valence-corrected chi connectivity index (χ1v) is 8.24. The predicted molar refractivity (Wildman–Crippen MR) is 94.1 cm³/mol. The topological polar surface area (TPSA) is 76.4 Å². The molecule has 0 aliphatic rings. The second-order valence-electron chi connectivity index (χ2n) is 7.04. The molecule has 0 aliphatic carbocycles. The fraction of sp³-hybridized carbons (Fsp3) is 0.611. The molecule has 0 saturated carbocycles. The van der Waals surface area contributed by atoms with Crippen LogP contribution in [-0.2, 0) is 11.3 Å². The molecule has 4 N–H and O–H groups in total. The average molecular weight is 321 g/mol. The molecule has 1 aromatic carbocycles. The summed E-state index contributed by atoms with van der Waals surface area (Å²) in [5.41, 5.74) is 6.43. The summed E-state index contributed by atoms with van der Waals surface area (Å²) in [6.45, 7) is 9.71. The third-order valence-electron chi connectivity index (χ3n) is 3.37. The molecule has 0 saturated heterocycles. The molecule has 0 heterocycles. The lowest BCUT2D eigenvalue weighted by Gasteiger charge is -2.25. The summed E-state index contributed by atoms with van der Waals surface area (Å²) in [6.07, 6.45) is 0.436. The fourth-order valence-electron chi connectivity index (χ4n) is 2.24. The van der Waals surface area contributed by atoms with Gasteiger partial charge in [-0.15, -0.1) is 0 Å². The standard InChI is InChI=1S/C18H31N3O2/c1-14(11-19)10-16(21-17(22)23-18(2,3)4)13-20-12-15-8-6-5-7-9-15/h5-9,14,16,20H,10-13,19H2,1-4H3,(H,21,22)/t14-,16-/m0/s1. The van der Waals surface area contributed by atoms with Gasteiger partial charge in [-0.1, -0.05) is 37.3 Å². The van der Waals surface area contributed by atoms with E-state index in [9.17, 15) is 4.79 Å². The van der Waals surface area contributed by atoms with Gasteiger partial charge in [-0.05, 0) is 45.2 Å². The zero-order chi connectivity index (χ0) is 17.3. The van der Waals surface area contributed by atoms with Crippen LogP contribution in [0.25, 0.3) is 0 Å². The second-order valence-corrected chi connectivity index (χ2v) is 7.04. The highest BCUT2D eigenvalue weighted by Crippen LogP contribution is 2.09. The highest BCUT2D eigenvalue weighted by molar-refractivity contribution is 5.68. The molecule has 0 fully saturated rings. The van der Waals surface area contributed by atoms with Gasteiger partial charge in [-0.3, -0.25) is 0 Å². The number of rotatable bonds is 8. The predicted octanol–water partition coefficient (Wildman–Crippen LogP) is 2.65. The Labute approximate surface area is 140 Å². The van der Waals surface area contributed by atoms with Crippen LogP contribution in [0.1, 0.15) is 39.7 Å². The lowest BCUT2D eigenvalue weighted by atomic mass is 10.0. The van der Waals surface area contributed by atoms with Crippen LogP contribution in [0.2, 0.25) is 0 Å². The van der Waals surface area contributed by atoms with Crippen LogP contribution in [0.5, 0.6) is 0 Å². The van der Waals surface area contributed by atoms with Crippen molar-refractivity contribution in [2.24, 2.45) is 11.7 Å². The Hall–Kier alpha value is -1.59. The summed E-state index contributed by atoms with van der Waals surface area (Å²) in [5, 5.41) is 6.33. The van der Waals surface area contributed by atoms with E-state index in [-0.39, 0.29) is 12.1 Å². The molecule has 0 radical (unpaired) electrons. The highest BCUT2D eigenvalue weighted by atomic mass is 16.6. The maximum Gasteiger partial charge on any atom is 0.407 e. The molecular weight excluding hydrogens is 290 g/mol. The molecule has 1 aromatic rings. The molecule has 0 unspecified atom stereocenters. The first-order valence-electron chi connectivity index (χ1n) is 8.24. The van der Waals surface area contributed by atoms with Crippen molar-refractivity contribution >= 4 is 6.09 Å². The van der Waals surface area contributed by atoms with Crippen molar-refractivity contribution in [1.82, 2.24) is 10.6 Å². The second kappa shape index (κ2) is 9.53. The van der Waals surface area contributed by atoms with E-state index < -0.39 is 5.60 Å². The van der Waals surface area contributed by atoms with Gasteiger partial charge < -0.3 is 21.1 Å². The van der Waals surface area contributed by atoms with Crippen molar-refractivity contribution in [3.8, 4) is 0 Å². The number of hydrogen-bond acceptors (Lipinski definition) is 4. The normalized spacial score (nSPS) is 14.1. The largest absolute Gasteiger partial charge is 0.444 e. The van der Waals surface area contributed by atoms with Gasteiger partial charge in [-0.2, -0.15) is 0 Å². The Morgan fingerprint density at radius 2 is 1.91 bits per heavy atom. The molecule has 2 atom stereocenters.